The molecule has 0 saturated heterocycles. The molecule has 31 heavy (non-hydrogen) atoms. The molecule has 0 aromatic heterocycles. The van der Waals surface area contributed by atoms with Crippen molar-refractivity contribution in [1.29, 1.82) is 0 Å². The number of ether oxygens (including phenoxy) is 1. The third-order valence-electron chi connectivity index (χ3n) is 5.33. The minimum atomic E-state index is -4.49. The van der Waals surface area contributed by atoms with Gasteiger partial charge in [0, 0.05) is 0 Å². The Morgan fingerprint density at radius 2 is 1.29 bits per heavy atom. The average Bonchev–Trinajstić information content (AvgIpc) is 2.72. The summed E-state index contributed by atoms with van der Waals surface area (Å²) in [7, 11) is -4.49. The van der Waals surface area contributed by atoms with E-state index in [0.29, 0.717) is 23.5 Å². The first kappa shape index (κ1) is 28.2. The Kier molecular flexibility index (Phi) is 14.4. The molecular formula is C25H35NaO4S. The predicted molar refractivity (Wildman–Crippen MR) is 121 cm³/mol. The molecule has 0 heterocycles. The predicted octanol–water partition coefficient (Wildman–Crippen LogP) is 4.24. The van der Waals surface area contributed by atoms with Gasteiger partial charge in [0.2, 0.25) is 0 Å². The van der Waals surface area contributed by atoms with Gasteiger partial charge in [-0.15, -0.1) is 0 Å². The van der Waals surface area contributed by atoms with Crippen LogP contribution in [-0.2, 0) is 16.5 Å². The first-order valence-corrected chi connectivity index (χ1v) is 12.7. The second kappa shape index (κ2) is 15.9. The maximum atomic E-state index is 11.6. The van der Waals surface area contributed by atoms with Gasteiger partial charge in [-0.25, -0.2) is 8.42 Å². The third kappa shape index (κ3) is 11.5. The van der Waals surface area contributed by atoms with E-state index in [-0.39, 0.29) is 34.5 Å². The van der Waals surface area contributed by atoms with Crippen molar-refractivity contribution in [3.8, 4) is 11.5 Å². The van der Waals surface area contributed by atoms with E-state index in [1.54, 1.807) is 12.1 Å². The van der Waals surface area contributed by atoms with Crippen LogP contribution in [0.4, 0.5) is 0 Å². The third-order valence-corrected chi connectivity index (χ3v) is 6.27. The standard InChI is InChI=1S/C25H36O4S.Na/c1-2-3-4-5-6-7-8-9-10-11-13-16-22-21-24(19-20-25(22)30(26,27)28)29-23-17-14-12-15-18-23;/h12,14-15,17-21H,2-11,13,16H2,1H3,(H,26,27,28);/q;+1/p-1. The molecule has 0 saturated carbocycles. The van der Waals surface area contributed by atoms with Gasteiger partial charge in [0.15, 0.2) is 0 Å². The van der Waals surface area contributed by atoms with Gasteiger partial charge in [0.25, 0.3) is 0 Å². The molecule has 0 amide bonds. The van der Waals surface area contributed by atoms with Crippen LogP contribution in [0.3, 0.4) is 0 Å². The van der Waals surface area contributed by atoms with Crippen LogP contribution in [0.5, 0.6) is 11.5 Å². The summed E-state index contributed by atoms with van der Waals surface area (Å²) in [5, 5.41) is 0. The molecule has 0 spiro atoms. The maximum absolute atomic E-state index is 11.6. The van der Waals surface area contributed by atoms with Crippen LogP contribution in [0, 0.1) is 0 Å². The average molecular weight is 455 g/mol. The Bertz CT molecular complexity index is 838. The molecule has 2 aromatic rings. The van der Waals surface area contributed by atoms with Crippen molar-refractivity contribution in [1.82, 2.24) is 0 Å². The van der Waals surface area contributed by atoms with Crippen LogP contribution in [0.1, 0.15) is 83.1 Å². The van der Waals surface area contributed by atoms with E-state index in [4.69, 9.17) is 4.74 Å². The molecule has 2 aromatic carbocycles. The van der Waals surface area contributed by atoms with Crippen LogP contribution < -0.4 is 34.3 Å². The minimum absolute atomic E-state index is 0. The summed E-state index contributed by atoms with van der Waals surface area (Å²) in [6, 6.07) is 13.9. The molecule has 0 radical (unpaired) electrons. The summed E-state index contributed by atoms with van der Waals surface area (Å²) in [4.78, 5) is -0.130. The quantitative estimate of drug-likeness (QED) is 0.229. The summed E-state index contributed by atoms with van der Waals surface area (Å²) < 4.78 is 40.7. The number of hydrogen-bond donors (Lipinski definition) is 0. The summed E-state index contributed by atoms with van der Waals surface area (Å²) in [6.45, 7) is 2.24. The normalized spacial score (nSPS) is 11.2. The minimum Gasteiger partial charge on any atom is -0.744 e. The van der Waals surface area contributed by atoms with Gasteiger partial charge in [-0.3, -0.25) is 0 Å². The molecule has 0 aliphatic carbocycles. The van der Waals surface area contributed by atoms with E-state index in [2.05, 4.69) is 6.92 Å². The molecule has 0 aliphatic heterocycles. The number of para-hydroxylation sites is 1. The number of benzene rings is 2. The van der Waals surface area contributed by atoms with Crippen LogP contribution in [0.2, 0.25) is 0 Å². The van der Waals surface area contributed by atoms with E-state index >= 15 is 0 Å². The van der Waals surface area contributed by atoms with E-state index in [1.807, 2.05) is 30.3 Å². The van der Waals surface area contributed by atoms with Crippen LogP contribution >= 0.6 is 0 Å². The molecule has 0 fully saturated rings. The first-order chi connectivity index (χ1) is 14.5. The van der Waals surface area contributed by atoms with Gasteiger partial charge in [-0.1, -0.05) is 89.3 Å². The Hall–Kier alpha value is -0.850. The fourth-order valence-electron chi connectivity index (χ4n) is 3.66. The van der Waals surface area contributed by atoms with Crippen molar-refractivity contribution in [2.75, 3.05) is 0 Å². The fourth-order valence-corrected chi connectivity index (χ4v) is 4.38. The summed E-state index contributed by atoms with van der Waals surface area (Å²) in [5.41, 5.74) is 0.550. The first-order valence-electron chi connectivity index (χ1n) is 11.3. The second-order valence-electron chi connectivity index (χ2n) is 7.92. The Morgan fingerprint density at radius 3 is 1.84 bits per heavy atom. The zero-order valence-corrected chi connectivity index (χ0v) is 22.0. The van der Waals surface area contributed by atoms with Crippen LogP contribution in [0.15, 0.2) is 53.4 Å². The van der Waals surface area contributed by atoms with Gasteiger partial charge in [0.05, 0.1) is 4.90 Å². The van der Waals surface area contributed by atoms with Crippen molar-refractivity contribution in [3.05, 3.63) is 54.1 Å². The number of rotatable bonds is 15. The molecule has 0 bridgehead atoms. The van der Waals surface area contributed by atoms with Gasteiger partial charge in [-0.05, 0) is 48.7 Å². The van der Waals surface area contributed by atoms with Gasteiger partial charge in [-0.2, -0.15) is 0 Å². The van der Waals surface area contributed by atoms with E-state index < -0.39 is 10.1 Å². The molecule has 4 nitrogen and oxygen atoms in total. The van der Waals surface area contributed by atoms with Crippen LogP contribution in [0.25, 0.3) is 0 Å². The molecule has 166 valence electrons. The molecule has 0 aliphatic rings. The second-order valence-corrected chi connectivity index (χ2v) is 9.27. The molecule has 0 N–H and O–H groups in total. The summed E-state index contributed by atoms with van der Waals surface area (Å²) in [6.07, 6.45) is 14.1. The van der Waals surface area contributed by atoms with Crippen molar-refractivity contribution in [2.45, 2.75) is 88.9 Å². The largest absolute Gasteiger partial charge is 1.00 e. The smallest absolute Gasteiger partial charge is 0.744 e. The Morgan fingerprint density at radius 1 is 0.742 bits per heavy atom. The fraction of sp³-hybridized carbons (Fsp3) is 0.520. The Balaban J connectivity index is 0.00000480. The SMILES string of the molecule is CCCCCCCCCCCCCc1cc(Oc2ccccc2)ccc1S(=O)(=O)[O-].[Na+]. The van der Waals surface area contributed by atoms with Crippen molar-refractivity contribution in [3.63, 3.8) is 0 Å². The monoisotopic (exact) mass is 454 g/mol. The number of unbranched alkanes of at least 4 members (excludes halogenated alkanes) is 10. The molecule has 2 rings (SSSR count). The molecule has 6 heteroatoms. The molecule has 0 unspecified atom stereocenters. The number of hydrogen-bond acceptors (Lipinski definition) is 4. The molecular weight excluding hydrogens is 419 g/mol. The van der Waals surface area contributed by atoms with E-state index in [0.717, 1.165) is 19.3 Å². The van der Waals surface area contributed by atoms with E-state index in [1.165, 1.54) is 57.4 Å². The molecule has 0 atom stereocenters. The number of aryl methyl sites for hydroxylation is 1. The van der Waals surface area contributed by atoms with Crippen molar-refractivity contribution >= 4 is 10.1 Å². The summed E-state index contributed by atoms with van der Waals surface area (Å²) >= 11 is 0. The zero-order valence-electron chi connectivity index (χ0n) is 19.1. The topological polar surface area (TPSA) is 66.4 Å². The van der Waals surface area contributed by atoms with Crippen LogP contribution in [-0.4, -0.2) is 13.0 Å². The Labute approximate surface area is 210 Å². The van der Waals surface area contributed by atoms with Crippen molar-refractivity contribution < 1.29 is 47.3 Å². The van der Waals surface area contributed by atoms with Gasteiger partial charge in [0.1, 0.15) is 21.6 Å². The van der Waals surface area contributed by atoms with Crippen molar-refractivity contribution in [2.24, 2.45) is 0 Å². The zero-order chi connectivity index (χ0) is 21.7. The van der Waals surface area contributed by atoms with Gasteiger partial charge < -0.3 is 9.29 Å². The summed E-state index contributed by atoms with van der Waals surface area (Å²) in [5.74, 6) is 1.22. The van der Waals surface area contributed by atoms with Gasteiger partial charge >= 0.3 is 29.6 Å². The van der Waals surface area contributed by atoms with E-state index in [9.17, 15) is 13.0 Å². The maximum Gasteiger partial charge on any atom is 1.00 e.